The highest BCUT2D eigenvalue weighted by molar-refractivity contribution is 7.80. The van der Waals surface area contributed by atoms with Crippen LogP contribution in [0.15, 0.2) is 0 Å². The van der Waals surface area contributed by atoms with Crippen molar-refractivity contribution in [1.82, 2.24) is 0 Å². The molecule has 0 amide bonds. The molecule has 0 aliphatic rings. The van der Waals surface area contributed by atoms with Gasteiger partial charge >= 0.3 is 0 Å². The molecule has 0 spiro atoms. The van der Waals surface area contributed by atoms with Crippen molar-refractivity contribution in [2.45, 2.75) is 39.5 Å². The van der Waals surface area contributed by atoms with Crippen LogP contribution in [-0.4, -0.2) is 5.75 Å². The summed E-state index contributed by atoms with van der Waals surface area (Å²) in [7, 11) is 0. The summed E-state index contributed by atoms with van der Waals surface area (Å²) in [6, 6.07) is 0. The molecule has 0 bridgehead atoms. The van der Waals surface area contributed by atoms with Crippen LogP contribution in [-0.2, 0) is 0 Å². The minimum atomic E-state index is 0.956. The molecule has 0 aromatic rings. The van der Waals surface area contributed by atoms with E-state index in [2.05, 4.69) is 26.5 Å². The first kappa shape index (κ1) is 9.35. The first-order valence-corrected chi connectivity index (χ1v) is 4.59. The monoisotopic (exact) mass is 146 g/mol. The second kappa shape index (κ2) is 6.47. The SMILES string of the molecule is CCC(CC)CCCS. The fourth-order valence-corrected chi connectivity index (χ4v) is 1.26. The van der Waals surface area contributed by atoms with E-state index in [0.29, 0.717) is 0 Å². The first-order chi connectivity index (χ1) is 4.35. The van der Waals surface area contributed by atoms with Crippen LogP contribution in [0.4, 0.5) is 0 Å². The molecule has 0 nitrogen and oxygen atoms in total. The second-order valence-corrected chi connectivity index (χ2v) is 3.00. The quantitative estimate of drug-likeness (QED) is 0.566. The lowest BCUT2D eigenvalue weighted by Crippen LogP contribution is -1.96. The van der Waals surface area contributed by atoms with Crippen LogP contribution in [0.25, 0.3) is 0 Å². The number of thiol groups is 1. The summed E-state index contributed by atoms with van der Waals surface area (Å²) in [5, 5.41) is 0. The second-order valence-electron chi connectivity index (χ2n) is 2.55. The number of hydrogen-bond donors (Lipinski definition) is 1. The molecular formula is C8H18S. The normalized spacial score (nSPS) is 10.7. The first-order valence-electron chi connectivity index (χ1n) is 3.96. The van der Waals surface area contributed by atoms with E-state index in [0.717, 1.165) is 11.7 Å². The molecule has 0 aliphatic carbocycles. The summed E-state index contributed by atoms with van der Waals surface area (Å²) in [5.41, 5.74) is 0. The van der Waals surface area contributed by atoms with Gasteiger partial charge in [0.25, 0.3) is 0 Å². The molecule has 0 heterocycles. The van der Waals surface area contributed by atoms with Gasteiger partial charge in [-0.25, -0.2) is 0 Å². The van der Waals surface area contributed by atoms with Crippen LogP contribution in [0.5, 0.6) is 0 Å². The minimum absolute atomic E-state index is 0.956. The van der Waals surface area contributed by atoms with Crippen molar-refractivity contribution in [3.05, 3.63) is 0 Å². The summed E-state index contributed by atoms with van der Waals surface area (Å²) >= 11 is 4.17. The molecular weight excluding hydrogens is 128 g/mol. The average molecular weight is 146 g/mol. The van der Waals surface area contributed by atoms with Gasteiger partial charge in [-0.05, 0) is 24.5 Å². The van der Waals surface area contributed by atoms with Crippen LogP contribution in [0, 0.1) is 5.92 Å². The van der Waals surface area contributed by atoms with Crippen molar-refractivity contribution in [1.29, 1.82) is 0 Å². The molecule has 0 N–H and O–H groups in total. The molecule has 0 fully saturated rings. The Labute approximate surface area is 64.4 Å². The molecule has 0 saturated heterocycles. The van der Waals surface area contributed by atoms with E-state index in [1.807, 2.05) is 0 Å². The van der Waals surface area contributed by atoms with E-state index in [4.69, 9.17) is 0 Å². The lowest BCUT2D eigenvalue weighted by atomic mass is 9.98. The molecule has 0 unspecified atom stereocenters. The maximum atomic E-state index is 4.17. The Morgan fingerprint density at radius 2 is 1.78 bits per heavy atom. The molecule has 0 aliphatic heterocycles. The average Bonchev–Trinajstić information content (AvgIpc) is 1.91. The third-order valence-electron chi connectivity index (χ3n) is 1.93. The van der Waals surface area contributed by atoms with E-state index >= 15 is 0 Å². The standard InChI is InChI=1S/C8H18S/c1-3-8(4-2)6-5-7-9/h8-9H,3-7H2,1-2H3. The van der Waals surface area contributed by atoms with Gasteiger partial charge in [-0.2, -0.15) is 12.6 Å². The third kappa shape index (κ3) is 4.83. The predicted octanol–water partition coefficient (Wildman–Crippen LogP) is 3.13. The fraction of sp³-hybridized carbons (Fsp3) is 1.00. The van der Waals surface area contributed by atoms with Gasteiger partial charge in [0.15, 0.2) is 0 Å². The lowest BCUT2D eigenvalue weighted by molar-refractivity contribution is 0.452. The fourth-order valence-electron chi connectivity index (χ4n) is 1.08. The Balaban J connectivity index is 3.09. The summed E-state index contributed by atoms with van der Waals surface area (Å²) in [4.78, 5) is 0. The Bertz CT molecular complexity index is 48.5. The lowest BCUT2D eigenvalue weighted by Gasteiger charge is -2.09. The molecule has 0 aromatic heterocycles. The molecule has 0 saturated carbocycles. The van der Waals surface area contributed by atoms with E-state index in [1.54, 1.807) is 0 Å². The highest BCUT2D eigenvalue weighted by Gasteiger charge is 2.00. The highest BCUT2D eigenvalue weighted by atomic mass is 32.1. The Morgan fingerprint density at radius 1 is 1.22 bits per heavy atom. The van der Waals surface area contributed by atoms with Gasteiger partial charge in [0.05, 0.1) is 0 Å². The van der Waals surface area contributed by atoms with Crippen LogP contribution in [0.1, 0.15) is 39.5 Å². The van der Waals surface area contributed by atoms with Crippen molar-refractivity contribution in [2.24, 2.45) is 5.92 Å². The van der Waals surface area contributed by atoms with Crippen molar-refractivity contribution in [3.63, 3.8) is 0 Å². The van der Waals surface area contributed by atoms with E-state index < -0.39 is 0 Å². The van der Waals surface area contributed by atoms with Gasteiger partial charge in [-0.15, -0.1) is 0 Å². The van der Waals surface area contributed by atoms with Gasteiger partial charge in [-0.3, -0.25) is 0 Å². The Morgan fingerprint density at radius 3 is 2.11 bits per heavy atom. The molecule has 0 atom stereocenters. The number of rotatable bonds is 5. The van der Waals surface area contributed by atoms with Crippen molar-refractivity contribution in [2.75, 3.05) is 5.75 Å². The molecule has 0 radical (unpaired) electrons. The van der Waals surface area contributed by atoms with Gasteiger partial charge in [0.2, 0.25) is 0 Å². The topological polar surface area (TPSA) is 0 Å². The van der Waals surface area contributed by atoms with Gasteiger partial charge in [-0.1, -0.05) is 26.7 Å². The van der Waals surface area contributed by atoms with Crippen LogP contribution in [0.3, 0.4) is 0 Å². The summed E-state index contributed by atoms with van der Waals surface area (Å²) < 4.78 is 0. The molecule has 0 rings (SSSR count). The van der Waals surface area contributed by atoms with E-state index in [1.165, 1.54) is 25.7 Å². The minimum Gasteiger partial charge on any atom is -0.179 e. The maximum absolute atomic E-state index is 4.17. The highest BCUT2D eigenvalue weighted by Crippen LogP contribution is 2.14. The van der Waals surface area contributed by atoms with Crippen molar-refractivity contribution < 1.29 is 0 Å². The molecule has 56 valence electrons. The zero-order valence-corrected chi connectivity index (χ0v) is 7.45. The number of hydrogen-bond acceptors (Lipinski definition) is 1. The van der Waals surface area contributed by atoms with Gasteiger partial charge in [0, 0.05) is 0 Å². The van der Waals surface area contributed by atoms with Crippen LogP contribution >= 0.6 is 12.6 Å². The zero-order chi connectivity index (χ0) is 7.11. The maximum Gasteiger partial charge on any atom is -0.00978 e. The van der Waals surface area contributed by atoms with Crippen LogP contribution in [0.2, 0.25) is 0 Å². The van der Waals surface area contributed by atoms with Crippen molar-refractivity contribution in [3.8, 4) is 0 Å². The molecule has 1 heteroatoms. The van der Waals surface area contributed by atoms with Gasteiger partial charge in [0.1, 0.15) is 0 Å². The summed E-state index contributed by atoms with van der Waals surface area (Å²) in [6.07, 6.45) is 5.33. The Hall–Kier alpha value is 0.350. The van der Waals surface area contributed by atoms with E-state index in [-0.39, 0.29) is 0 Å². The Kier molecular flexibility index (Phi) is 6.72. The zero-order valence-electron chi connectivity index (χ0n) is 6.56. The predicted molar refractivity (Wildman–Crippen MR) is 47.2 cm³/mol. The largest absolute Gasteiger partial charge is 0.179 e. The summed E-state index contributed by atoms with van der Waals surface area (Å²) in [5.74, 6) is 2.01. The van der Waals surface area contributed by atoms with E-state index in [9.17, 15) is 0 Å². The van der Waals surface area contributed by atoms with Gasteiger partial charge < -0.3 is 0 Å². The van der Waals surface area contributed by atoms with Crippen molar-refractivity contribution >= 4 is 12.6 Å². The third-order valence-corrected chi connectivity index (χ3v) is 2.24. The summed E-state index contributed by atoms with van der Waals surface area (Å²) in [6.45, 7) is 4.54. The molecule has 0 aromatic carbocycles. The van der Waals surface area contributed by atoms with Crippen LogP contribution < -0.4 is 0 Å². The molecule has 9 heavy (non-hydrogen) atoms. The smallest absolute Gasteiger partial charge is 0.00978 e.